The minimum absolute atomic E-state index is 0.135. The minimum atomic E-state index is -0.357. The molecule has 0 heterocycles. The molecule has 0 radical (unpaired) electrons. The number of carbonyl (C=O) groups excluding carboxylic acids is 1. The first-order valence-electron chi connectivity index (χ1n) is 7.29. The largest absolute Gasteiger partial charge is 0.483 e. The number of amides is 1. The highest BCUT2D eigenvalue weighted by Crippen LogP contribution is 2.18. The van der Waals surface area contributed by atoms with Crippen LogP contribution in [0.3, 0.4) is 0 Å². The van der Waals surface area contributed by atoms with Crippen molar-refractivity contribution in [1.82, 2.24) is 5.32 Å². The Labute approximate surface area is 146 Å². The van der Waals surface area contributed by atoms with Crippen LogP contribution in [0.1, 0.15) is 16.7 Å². The number of ether oxygens (including phenoxy) is 1. The zero-order chi connectivity index (χ0) is 17.5. The molecule has 0 aromatic heterocycles. The highest BCUT2D eigenvalue weighted by atomic mass is 32.1. The number of nitrogens with zero attached hydrogens (tertiary/aromatic N) is 1. The van der Waals surface area contributed by atoms with Crippen LogP contribution in [0.5, 0.6) is 5.75 Å². The Morgan fingerprint density at radius 2 is 2.04 bits per heavy atom. The normalized spacial score (nSPS) is 9.71. The summed E-state index contributed by atoms with van der Waals surface area (Å²) in [5.74, 6) is 0.315. The Kier molecular flexibility index (Phi) is 5.88. The third-order valence-electron chi connectivity index (χ3n) is 3.20. The van der Waals surface area contributed by atoms with Crippen LogP contribution in [0, 0.1) is 25.2 Å². The molecule has 5 nitrogen and oxygen atoms in total. The molecule has 0 saturated heterocycles. The highest BCUT2D eigenvalue weighted by Gasteiger charge is 2.08. The van der Waals surface area contributed by atoms with Crippen molar-refractivity contribution in [3.8, 4) is 11.8 Å². The number of hydrogen-bond donors (Lipinski definition) is 2. The van der Waals surface area contributed by atoms with E-state index in [2.05, 4.69) is 10.6 Å². The Hall–Kier alpha value is -2.91. The summed E-state index contributed by atoms with van der Waals surface area (Å²) >= 11 is 5.09. The van der Waals surface area contributed by atoms with Crippen LogP contribution >= 0.6 is 12.2 Å². The summed E-state index contributed by atoms with van der Waals surface area (Å²) in [6, 6.07) is 14.7. The first-order valence-corrected chi connectivity index (χ1v) is 7.70. The first kappa shape index (κ1) is 17.4. The lowest BCUT2D eigenvalue weighted by molar-refractivity contribution is -0.121. The number of aryl methyl sites for hydroxylation is 2. The van der Waals surface area contributed by atoms with Gasteiger partial charge in [-0.2, -0.15) is 5.26 Å². The molecule has 0 spiro atoms. The molecule has 0 fully saturated rings. The molecule has 2 N–H and O–H groups in total. The van der Waals surface area contributed by atoms with Crippen LogP contribution in [0.4, 0.5) is 5.69 Å². The summed E-state index contributed by atoms with van der Waals surface area (Å²) in [6.07, 6.45) is 0. The summed E-state index contributed by atoms with van der Waals surface area (Å²) in [6.45, 7) is 3.74. The van der Waals surface area contributed by atoms with E-state index in [1.807, 2.05) is 38.1 Å². The van der Waals surface area contributed by atoms with E-state index < -0.39 is 0 Å². The van der Waals surface area contributed by atoms with Gasteiger partial charge in [-0.25, -0.2) is 0 Å². The Bertz CT molecular complexity index is 812. The fourth-order valence-electron chi connectivity index (χ4n) is 2.00. The third kappa shape index (κ3) is 5.07. The summed E-state index contributed by atoms with van der Waals surface area (Å²) in [5, 5.41) is 14.4. The SMILES string of the molecule is Cc1ccc(C)c(OCC(=O)NC(=S)Nc2cccc(C#N)c2)c1. The summed E-state index contributed by atoms with van der Waals surface area (Å²) in [5.41, 5.74) is 3.16. The number of carbonyl (C=O) groups is 1. The van der Waals surface area contributed by atoms with E-state index in [-0.39, 0.29) is 17.6 Å². The maximum absolute atomic E-state index is 11.9. The fraction of sp³-hybridized carbons (Fsp3) is 0.167. The molecule has 1 amide bonds. The van der Waals surface area contributed by atoms with Crippen molar-refractivity contribution >= 4 is 28.9 Å². The molecule has 0 atom stereocenters. The molecule has 24 heavy (non-hydrogen) atoms. The molecule has 0 unspecified atom stereocenters. The summed E-state index contributed by atoms with van der Waals surface area (Å²) < 4.78 is 5.52. The van der Waals surface area contributed by atoms with Gasteiger partial charge in [-0.15, -0.1) is 0 Å². The third-order valence-corrected chi connectivity index (χ3v) is 3.41. The molecule has 2 aromatic rings. The zero-order valence-electron chi connectivity index (χ0n) is 13.4. The predicted molar refractivity (Wildman–Crippen MR) is 96.9 cm³/mol. The molecule has 0 aliphatic carbocycles. The van der Waals surface area contributed by atoms with Crippen molar-refractivity contribution in [3.63, 3.8) is 0 Å². The van der Waals surface area contributed by atoms with Gasteiger partial charge in [0.1, 0.15) is 5.75 Å². The minimum Gasteiger partial charge on any atom is -0.483 e. The molecule has 2 aromatic carbocycles. The van der Waals surface area contributed by atoms with Crippen molar-refractivity contribution in [2.24, 2.45) is 0 Å². The number of hydrogen-bond acceptors (Lipinski definition) is 4. The number of anilines is 1. The first-order chi connectivity index (χ1) is 11.5. The molecule has 122 valence electrons. The summed E-state index contributed by atoms with van der Waals surface area (Å²) in [7, 11) is 0. The Morgan fingerprint density at radius 1 is 1.25 bits per heavy atom. The van der Waals surface area contributed by atoms with Crippen LogP contribution in [-0.4, -0.2) is 17.6 Å². The zero-order valence-corrected chi connectivity index (χ0v) is 14.2. The summed E-state index contributed by atoms with van der Waals surface area (Å²) in [4.78, 5) is 11.9. The molecule has 0 aliphatic rings. The lowest BCUT2D eigenvalue weighted by Gasteiger charge is -2.12. The van der Waals surface area contributed by atoms with Crippen molar-refractivity contribution in [2.75, 3.05) is 11.9 Å². The topological polar surface area (TPSA) is 74.2 Å². The van der Waals surface area contributed by atoms with Crippen LogP contribution < -0.4 is 15.4 Å². The van der Waals surface area contributed by atoms with Crippen LogP contribution in [-0.2, 0) is 4.79 Å². The van der Waals surface area contributed by atoms with Crippen molar-refractivity contribution in [1.29, 1.82) is 5.26 Å². The van der Waals surface area contributed by atoms with E-state index in [0.29, 0.717) is 17.0 Å². The van der Waals surface area contributed by atoms with Gasteiger partial charge in [0.25, 0.3) is 5.91 Å². The van der Waals surface area contributed by atoms with Gasteiger partial charge in [-0.1, -0.05) is 18.2 Å². The number of thiocarbonyl (C=S) groups is 1. The Balaban J connectivity index is 1.86. The second-order valence-electron chi connectivity index (χ2n) is 5.25. The van der Waals surface area contributed by atoms with Crippen molar-refractivity contribution in [2.45, 2.75) is 13.8 Å². The number of nitrogens with one attached hydrogen (secondary N) is 2. The van der Waals surface area contributed by atoms with Gasteiger partial charge in [0.2, 0.25) is 0 Å². The maximum atomic E-state index is 11.9. The molecule has 0 aliphatic heterocycles. The second-order valence-corrected chi connectivity index (χ2v) is 5.66. The van der Waals surface area contributed by atoms with E-state index in [9.17, 15) is 4.79 Å². The lowest BCUT2D eigenvalue weighted by atomic mass is 10.1. The van der Waals surface area contributed by atoms with E-state index in [4.69, 9.17) is 22.2 Å². The van der Waals surface area contributed by atoms with Gasteiger partial charge in [0.05, 0.1) is 11.6 Å². The smallest absolute Gasteiger partial charge is 0.264 e. The fourth-order valence-corrected chi connectivity index (χ4v) is 2.23. The second kappa shape index (κ2) is 8.09. The quantitative estimate of drug-likeness (QED) is 0.838. The predicted octanol–water partition coefficient (Wildman–Crippen LogP) is 3.07. The molecule has 2 rings (SSSR count). The van der Waals surface area contributed by atoms with Gasteiger partial charge >= 0.3 is 0 Å². The van der Waals surface area contributed by atoms with Gasteiger partial charge in [-0.3, -0.25) is 10.1 Å². The van der Waals surface area contributed by atoms with Gasteiger partial charge in [0, 0.05) is 5.69 Å². The standard InChI is InChI=1S/C18H17N3O2S/c1-12-6-7-13(2)16(8-12)23-11-17(22)21-18(24)20-15-5-3-4-14(9-15)10-19/h3-9H,11H2,1-2H3,(H2,20,21,22,24). The van der Waals surface area contributed by atoms with E-state index in [1.54, 1.807) is 24.3 Å². The van der Waals surface area contributed by atoms with Gasteiger partial charge < -0.3 is 10.1 Å². The van der Waals surface area contributed by atoms with Crippen LogP contribution in [0.15, 0.2) is 42.5 Å². The van der Waals surface area contributed by atoms with Gasteiger partial charge in [0.15, 0.2) is 11.7 Å². The molecular formula is C18H17N3O2S. The van der Waals surface area contributed by atoms with Crippen molar-refractivity contribution < 1.29 is 9.53 Å². The van der Waals surface area contributed by atoms with Crippen LogP contribution in [0.2, 0.25) is 0 Å². The van der Waals surface area contributed by atoms with Crippen molar-refractivity contribution in [3.05, 3.63) is 59.2 Å². The monoisotopic (exact) mass is 339 g/mol. The number of rotatable bonds is 4. The maximum Gasteiger partial charge on any atom is 0.264 e. The molecule has 0 saturated carbocycles. The van der Waals surface area contributed by atoms with E-state index >= 15 is 0 Å². The highest BCUT2D eigenvalue weighted by molar-refractivity contribution is 7.80. The molecule has 0 bridgehead atoms. The van der Waals surface area contributed by atoms with Gasteiger partial charge in [-0.05, 0) is 61.5 Å². The van der Waals surface area contributed by atoms with Crippen LogP contribution in [0.25, 0.3) is 0 Å². The average molecular weight is 339 g/mol. The average Bonchev–Trinajstić information content (AvgIpc) is 2.55. The number of nitriles is 1. The molecule has 6 heteroatoms. The molecular weight excluding hydrogens is 322 g/mol. The number of benzene rings is 2. The van der Waals surface area contributed by atoms with E-state index in [0.717, 1.165) is 11.1 Å². The Morgan fingerprint density at radius 3 is 2.79 bits per heavy atom. The van der Waals surface area contributed by atoms with E-state index in [1.165, 1.54) is 0 Å². The lowest BCUT2D eigenvalue weighted by Crippen LogP contribution is -2.37.